The van der Waals surface area contributed by atoms with Gasteiger partial charge in [0.2, 0.25) is 11.7 Å². The van der Waals surface area contributed by atoms with Crippen LogP contribution in [0.15, 0.2) is 16.5 Å². The van der Waals surface area contributed by atoms with Crippen LogP contribution in [-0.2, 0) is 4.79 Å². The minimum absolute atomic E-state index is 0.0183. The fourth-order valence-corrected chi connectivity index (χ4v) is 2.21. The van der Waals surface area contributed by atoms with Crippen LogP contribution in [0, 0.1) is 5.92 Å². The molecule has 2 N–H and O–H groups in total. The number of rotatable bonds is 3. The molecule has 1 amide bonds. The van der Waals surface area contributed by atoms with Gasteiger partial charge in [-0.2, -0.15) is 0 Å². The zero-order valence-corrected chi connectivity index (χ0v) is 10.2. The standard InChI is InChI=1S/C12H16N2O4/c1-13-11(15)8-3-2-6-14(7-8)10-5-4-9(18-10)12(16)17/h4-5,8H,2-3,6-7H2,1H3,(H,13,15)(H,16,17). The molecule has 1 unspecified atom stereocenters. The second kappa shape index (κ2) is 5.12. The summed E-state index contributed by atoms with van der Waals surface area (Å²) in [4.78, 5) is 24.2. The highest BCUT2D eigenvalue weighted by atomic mass is 16.4. The number of carboxylic acid groups (broad SMARTS) is 1. The van der Waals surface area contributed by atoms with E-state index < -0.39 is 5.97 Å². The largest absolute Gasteiger partial charge is 0.475 e. The van der Waals surface area contributed by atoms with Gasteiger partial charge in [0, 0.05) is 26.2 Å². The van der Waals surface area contributed by atoms with Gasteiger partial charge in [-0.1, -0.05) is 0 Å². The monoisotopic (exact) mass is 252 g/mol. The molecule has 6 heteroatoms. The van der Waals surface area contributed by atoms with Crippen molar-refractivity contribution >= 4 is 17.8 Å². The van der Waals surface area contributed by atoms with Gasteiger partial charge in [-0.15, -0.1) is 0 Å². The molecule has 0 aliphatic carbocycles. The zero-order chi connectivity index (χ0) is 13.1. The summed E-state index contributed by atoms with van der Waals surface area (Å²) in [7, 11) is 1.62. The predicted molar refractivity (Wildman–Crippen MR) is 64.7 cm³/mol. The summed E-state index contributed by atoms with van der Waals surface area (Å²) >= 11 is 0. The second-order valence-corrected chi connectivity index (χ2v) is 4.34. The van der Waals surface area contributed by atoms with Gasteiger partial charge < -0.3 is 19.7 Å². The predicted octanol–water partition coefficient (Wildman–Crippen LogP) is 0.940. The molecule has 0 bridgehead atoms. The Balaban J connectivity index is 2.08. The molecule has 1 aliphatic rings. The van der Waals surface area contributed by atoms with Gasteiger partial charge in [0.15, 0.2) is 5.88 Å². The highest BCUT2D eigenvalue weighted by Gasteiger charge is 2.26. The first-order valence-electron chi connectivity index (χ1n) is 5.91. The maximum absolute atomic E-state index is 11.6. The lowest BCUT2D eigenvalue weighted by atomic mass is 9.97. The second-order valence-electron chi connectivity index (χ2n) is 4.34. The molecule has 0 spiro atoms. The van der Waals surface area contributed by atoms with E-state index in [0.717, 1.165) is 19.4 Å². The fourth-order valence-electron chi connectivity index (χ4n) is 2.21. The number of aromatic carboxylic acids is 1. The van der Waals surface area contributed by atoms with Crippen LogP contribution in [0.25, 0.3) is 0 Å². The minimum Gasteiger partial charge on any atom is -0.475 e. The van der Waals surface area contributed by atoms with E-state index in [4.69, 9.17) is 9.52 Å². The van der Waals surface area contributed by atoms with Crippen molar-refractivity contribution in [3.8, 4) is 0 Å². The summed E-state index contributed by atoms with van der Waals surface area (Å²) < 4.78 is 5.24. The van der Waals surface area contributed by atoms with Gasteiger partial charge in [0.05, 0.1) is 5.92 Å². The number of hydrogen-bond donors (Lipinski definition) is 2. The first-order valence-corrected chi connectivity index (χ1v) is 5.91. The van der Waals surface area contributed by atoms with Crippen LogP contribution in [0.4, 0.5) is 5.88 Å². The maximum Gasteiger partial charge on any atom is 0.371 e. The summed E-state index contributed by atoms with van der Waals surface area (Å²) in [6.07, 6.45) is 1.74. The zero-order valence-electron chi connectivity index (χ0n) is 10.2. The van der Waals surface area contributed by atoms with Crippen molar-refractivity contribution in [3.05, 3.63) is 17.9 Å². The van der Waals surface area contributed by atoms with E-state index in [9.17, 15) is 9.59 Å². The van der Waals surface area contributed by atoms with Crippen molar-refractivity contribution in [3.63, 3.8) is 0 Å². The summed E-state index contributed by atoms with van der Waals surface area (Å²) in [6, 6.07) is 3.07. The van der Waals surface area contributed by atoms with Gasteiger partial charge in [0.25, 0.3) is 0 Å². The lowest BCUT2D eigenvalue weighted by molar-refractivity contribution is -0.124. The van der Waals surface area contributed by atoms with E-state index in [1.165, 1.54) is 6.07 Å². The van der Waals surface area contributed by atoms with Crippen molar-refractivity contribution < 1.29 is 19.1 Å². The summed E-state index contributed by atoms with van der Waals surface area (Å²) in [5.74, 6) is -0.693. The highest BCUT2D eigenvalue weighted by molar-refractivity contribution is 5.85. The molecule has 1 saturated heterocycles. The van der Waals surface area contributed by atoms with Crippen molar-refractivity contribution in [2.24, 2.45) is 5.92 Å². The smallest absolute Gasteiger partial charge is 0.371 e. The molecular weight excluding hydrogens is 236 g/mol. The average molecular weight is 252 g/mol. The van der Waals surface area contributed by atoms with Crippen LogP contribution in [0.2, 0.25) is 0 Å². The Labute approximate surface area is 105 Å². The van der Waals surface area contributed by atoms with Crippen molar-refractivity contribution in [1.29, 1.82) is 0 Å². The number of nitrogens with zero attached hydrogens (tertiary/aromatic N) is 1. The van der Waals surface area contributed by atoms with Gasteiger partial charge in [0.1, 0.15) is 0 Å². The summed E-state index contributed by atoms with van der Waals surface area (Å²) in [6.45, 7) is 1.34. The number of nitrogens with one attached hydrogen (secondary N) is 1. The van der Waals surface area contributed by atoms with E-state index >= 15 is 0 Å². The maximum atomic E-state index is 11.6. The van der Waals surface area contributed by atoms with Crippen LogP contribution in [0.5, 0.6) is 0 Å². The van der Waals surface area contributed by atoms with Crippen LogP contribution in [0.3, 0.4) is 0 Å². The Hall–Kier alpha value is -1.98. The fraction of sp³-hybridized carbons (Fsp3) is 0.500. The Morgan fingerprint density at radius 3 is 2.89 bits per heavy atom. The number of amides is 1. The van der Waals surface area contributed by atoms with Crippen molar-refractivity contribution in [2.45, 2.75) is 12.8 Å². The van der Waals surface area contributed by atoms with Gasteiger partial charge >= 0.3 is 5.97 Å². The Morgan fingerprint density at radius 1 is 1.50 bits per heavy atom. The number of anilines is 1. The van der Waals surface area contributed by atoms with Gasteiger partial charge in [-0.25, -0.2) is 4.79 Å². The third kappa shape index (κ3) is 2.47. The Morgan fingerprint density at radius 2 is 2.28 bits per heavy atom. The topological polar surface area (TPSA) is 82.8 Å². The normalized spacial score (nSPS) is 19.6. The quantitative estimate of drug-likeness (QED) is 0.836. The van der Waals surface area contributed by atoms with E-state index in [1.807, 2.05) is 4.90 Å². The van der Waals surface area contributed by atoms with E-state index in [0.29, 0.717) is 12.4 Å². The molecule has 2 heterocycles. The van der Waals surface area contributed by atoms with E-state index in [-0.39, 0.29) is 17.6 Å². The molecule has 98 valence electrons. The van der Waals surface area contributed by atoms with Gasteiger partial charge in [-0.05, 0) is 18.9 Å². The van der Waals surface area contributed by atoms with Crippen molar-refractivity contribution in [2.75, 3.05) is 25.0 Å². The molecule has 1 aromatic heterocycles. The van der Waals surface area contributed by atoms with Crippen LogP contribution >= 0.6 is 0 Å². The SMILES string of the molecule is CNC(=O)C1CCCN(c2ccc(C(=O)O)o2)C1. The molecule has 2 rings (SSSR count). The van der Waals surface area contributed by atoms with Crippen LogP contribution in [0.1, 0.15) is 23.4 Å². The van der Waals surface area contributed by atoms with Crippen LogP contribution < -0.4 is 10.2 Å². The summed E-state index contributed by atoms with van der Waals surface area (Å²) in [5.41, 5.74) is 0. The molecular formula is C12H16N2O4. The molecule has 0 saturated carbocycles. The first-order chi connectivity index (χ1) is 8.61. The highest BCUT2D eigenvalue weighted by Crippen LogP contribution is 2.25. The number of furan rings is 1. The van der Waals surface area contributed by atoms with Gasteiger partial charge in [-0.3, -0.25) is 4.79 Å². The molecule has 6 nitrogen and oxygen atoms in total. The molecule has 0 aromatic carbocycles. The minimum atomic E-state index is -1.08. The van der Waals surface area contributed by atoms with Crippen LogP contribution in [-0.4, -0.2) is 37.1 Å². The Bertz CT molecular complexity index is 455. The molecule has 1 atom stereocenters. The lowest BCUT2D eigenvalue weighted by Gasteiger charge is -2.31. The number of carbonyl (C=O) groups is 2. The summed E-state index contributed by atoms with van der Waals surface area (Å²) in [5, 5.41) is 11.4. The van der Waals surface area contributed by atoms with Crippen molar-refractivity contribution in [1.82, 2.24) is 5.32 Å². The number of carbonyl (C=O) groups excluding carboxylic acids is 1. The molecule has 1 aliphatic heterocycles. The Kier molecular flexibility index (Phi) is 3.55. The molecule has 18 heavy (non-hydrogen) atoms. The molecule has 1 fully saturated rings. The number of hydrogen-bond acceptors (Lipinski definition) is 4. The number of piperidine rings is 1. The van der Waals surface area contributed by atoms with E-state index in [2.05, 4.69) is 5.32 Å². The average Bonchev–Trinajstić information content (AvgIpc) is 2.88. The molecule has 0 radical (unpaired) electrons. The van der Waals surface area contributed by atoms with E-state index in [1.54, 1.807) is 13.1 Å². The number of carboxylic acids is 1. The lowest BCUT2D eigenvalue weighted by Crippen LogP contribution is -2.42. The third-order valence-corrected chi connectivity index (χ3v) is 3.15. The first kappa shape index (κ1) is 12.5. The third-order valence-electron chi connectivity index (χ3n) is 3.15. The molecule has 1 aromatic rings.